The van der Waals surface area contributed by atoms with E-state index in [-0.39, 0.29) is 28.9 Å². The normalized spacial score (nSPS) is 19.6. The minimum atomic E-state index is -0.230. The lowest BCUT2D eigenvalue weighted by Gasteiger charge is -2.35. The summed E-state index contributed by atoms with van der Waals surface area (Å²) in [6.45, 7) is 2.46. The number of fused-ring (bicyclic) bond motifs is 4. The molecule has 1 N–H and O–H groups in total. The molecule has 0 saturated carbocycles. The Morgan fingerprint density at radius 1 is 1.07 bits per heavy atom. The molecule has 6 rings (SSSR count). The van der Waals surface area contributed by atoms with Crippen LogP contribution in [0.3, 0.4) is 0 Å². The first-order valence-corrected chi connectivity index (χ1v) is 14.4. The second-order valence-corrected chi connectivity index (χ2v) is 11.4. The van der Waals surface area contributed by atoms with Gasteiger partial charge in [-0.1, -0.05) is 47.8 Å². The van der Waals surface area contributed by atoms with Crippen molar-refractivity contribution in [3.8, 4) is 17.1 Å². The third-order valence-corrected chi connectivity index (χ3v) is 8.25. The van der Waals surface area contributed by atoms with E-state index in [2.05, 4.69) is 15.6 Å². The van der Waals surface area contributed by atoms with E-state index < -0.39 is 0 Å². The van der Waals surface area contributed by atoms with Crippen LogP contribution >= 0.6 is 23.2 Å². The number of pyridine rings is 1. The van der Waals surface area contributed by atoms with Crippen LogP contribution in [-0.4, -0.2) is 47.8 Å². The van der Waals surface area contributed by atoms with Crippen LogP contribution in [0.4, 0.5) is 5.69 Å². The molecule has 0 aliphatic carbocycles. The van der Waals surface area contributed by atoms with E-state index in [4.69, 9.17) is 28.2 Å². The highest BCUT2D eigenvalue weighted by Crippen LogP contribution is 2.36. The van der Waals surface area contributed by atoms with Crippen molar-refractivity contribution in [1.29, 1.82) is 0 Å². The van der Waals surface area contributed by atoms with E-state index in [0.29, 0.717) is 30.8 Å². The van der Waals surface area contributed by atoms with Crippen LogP contribution in [-0.2, 0) is 16.6 Å². The van der Waals surface area contributed by atoms with Gasteiger partial charge < -0.3 is 14.8 Å². The molecule has 1 aromatic carbocycles. The van der Waals surface area contributed by atoms with Crippen molar-refractivity contribution in [2.45, 2.75) is 38.6 Å². The highest BCUT2D eigenvalue weighted by molar-refractivity contribution is 6.31. The summed E-state index contributed by atoms with van der Waals surface area (Å²) in [7, 11) is 1.93. The van der Waals surface area contributed by atoms with Gasteiger partial charge >= 0.3 is 0 Å². The lowest BCUT2D eigenvalue weighted by atomic mass is 9.93. The van der Waals surface area contributed by atoms with Crippen molar-refractivity contribution in [1.82, 2.24) is 29.4 Å². The van der Waals surface area contributed by atoms with Gasteiger partial charge in [0.2, 0.25) is 11.8 Å². The molecule has 41 heavy (non-hydrogen) atoms. The first kappa shape index (κ1) is 27.2. The topological polar surface area (TPSA) is 97.9 Å². The number of nitrogens with zero attached hydrogens (tertiary/aromatic N) is 6. The number of benzene rings is 1. The van der Waals surface area contributed by atoms with Gasteiger partial charge in [-0.3, -0.25) is 9.59 Å². The van der Waals surface area contributed by atoms with Crippen LogP contribution in [0.1, 0.15) is 49.9 Å². The standard InChI is InChI=1S/C30H29Cl2N7O2/c1-18-5-3-8-26(22-6-4-7-23(33-22)29-24(34-30(18)41)12-13-37(29)2)38-14-11-19(15-28(38)40)21-16-20(31)9-10-25(21)39-17-27(32)35-36-39/h4,6-7,9-10,12-13,15-18,26H,3,5,8,11,14H2,1-2H3,(H,34,41)/t18-,26+/m1/s1. The van der Waals surface area contributed by atoms with Gasteiger partial charge in [-0.25, -0.2) is 9.67 Å². The Labute approximate surface area is 247 Å². The molecule has 9 nitrogen and oxygen atoms in total. The number of nitrogens with one attached hydrogen (secondary N) is 1. The second kappa shape index (κ2) is 11.1. The van der Waals surface area contributed by atoms with Gasteiger partial charge in [-0.05, 0) is 61.2 Å². The predicted octanol–water partition coefficient (Wildman–Crippen LogP) is 6.09. The first-order chi connectivity index (χ1) is 19.8. The molecule has 2 aliphatic heterocycles. The molecular weight excluding hydrogens is 561 g/mol. The lowest BCUT2D eigenvalue weighted by molar-refractivity contribution is -0.129. The zero-order valence-electron chi connectivity index (χ0n) is 22.7. The van der Waals surface area contributed by atoms with E-state index >= 15 is 0 Å². The molecule has 2 bridgehead atoms. The maximum Gasteiger partial charge on any atom is 0.247 e. The minimum absolute atomic E-state index is 0.0154. The van der Waals surface area contributed by atoms with Crippen molar-refractivity contribution in [2.24, 2.45) is 13.0 Å². The molecule has 0 unspecified atom stereocenters. The molecule has 2 atom stereocenters. The number of amides is 2. The van der Waals surface area contributed by atoms with Crippen LogP contribution < -0.4 is 5.32 Å². The van der Waals surface area contributed by atoms with E-state index in [0.717, 1.165) is 46.0 Å². The van der Waals surface area contributed by atoms with Crippen LogP contribution in [0.15, 0.2) is 60.9 Å². The summed E-state index contributed by atoms with van der Waals surface area (Å²) in [6.07, 6.45) is 8.02. The summed E-state index contributed by atoms with van der Waals surface area (Å²) in [6, 6.07) is 13.0. The molecule has 2 amide bonds. The van der Waals surface area contributed by atoms with Gasteiger partial charge in [0.1, 0.15) is 0 Å². The molecule has 0 radical (unpaired) electrons. The van der Waals surface area contributed by atoms with Crippen LogP contribution in [0, 0.1) is 5.92 Å². The zero-order valence-corrected chi connectivity index (χ0v) is 24.2. The number of carbonyl (C=O) groups is 2. The van der Waals surface area contributed by atoms with Crippen LogP contribution in [0.2, 0.25) is 10.2 Å². The van der Waals surface area contributed by atoms with Gasteiger partial charge in [-0.2, -0.15) is 0 Å². The molecule has 11 heteroatoms. The Balaban J connectivity index is 1.36. The average Bonchev–Trinajstić information content (AvgIpc) is 3.55. The first-order valence-electron chi connectivity index (χ1n) is 13.6. The number of aryl methyl sites for hydroxylation is 1. The predicted molar refractivity (Wildman–Crippen MR) is 159 cm³/mol. The minimum Gasteiger partial charge on any atom is -0.348 e. The quantitative estimate of drug-likeness (QED) is 0.312. The van der Waals surface area contributed by atoms with E-state index in [1.807, 2.05) is 66.0 Å². The number of aromatic nitrogens is 5. The number of hydrogen-bond donors (Lipinski definition) is 1. The van der Waals surface area contributed by atoms with Crippen molar-refractivity contribution >= 4 is 46.3 Å². The van der Waals surface area contributed by atoms with E-state index in [9.17, 15) is 9.59 Å². The maximum absolute atomic E-state index is 13.8. The van der Waals surface area contributed by atoms with E-state index in [1.165, 1.54) is 0 Å². The van der Waals surface area contributed by atoms with Gasteiger partial charge in [-0.15, -0.1) is 5.10 Å². The Hall–Kier alpha value is -3.95. The number of carbonyl (C=O) groups excluding carboxylic acids is 2. The van der Waals surface area contributed by atoms with Crippen molar-refractivity contribution < 1.29 is 9.59 Å². The Morgan fingerprint density at radius 2 is 1.93 bits per heavy atom. The number of halogens is 2. The number of hydrogen-bond acceptors (Lipinski definition) is 5. The van der Waals surface area contributed by atoms with Gasteiger partial charge in [0.25, 0.3) is 0 Å². The summed E-state index contributed by atoms with van der Waals surface area (Å²) < 4.78 is 3.54. The molecular formula is C30H29Cl2N7O2. The third kappa shape index (κ3) is 5.39. The summed E-state index contributed by atoms with van der Waals surface area (Å²) in [5, 5.41) is 11.9. The third-order valence-electron chi connectivity index (χ3n) is 7.84. The van der Waals surface area contributed by atoms with Crippen molar-refractivity contribution in [3.05, 3.63) is 82.4 Å². The smallest absolute Gasteiger partial charge is 0.247 e. The van der Waals surface area contributed by atoms with Gasteiger partial charge in [0.15, 0.2) is 5.15 Å². The van der Waals surface area contributed by atoms with Gasteiger partial charge in [0, 0.05) is 42.4 Å². The van der Waals surface area contributed by atoms with Gasteiger partial charge in [0.05, 0.1) is 40.7 Å². The molecule has 0 fully saturated rings. The molecule has 0 saturated heterocycles. The fourth-order valence-corrected chi connectivity index (χ4v) is 5.99. The monoisotopic (exact) mass is 589 g/mol. The number of rotatable bonds is 3. The Morgan fingerprint density at radius 3 is 2.71 bits per heavy atom. The van der Waals surface area contributed by atoms with Crippen LogP contribution in [0.5, 0.6) is 0 Å². The second-order valence-electron chi connectivity index (χ2n) is 10.6. The molecule has 3 aromatic heterocycles. The summed E-state index contributed by atoms with van der Waals surface area (Å²) in [4.78, 5) is 33.6. The molecule has 2 aliphatic rings. The Bertz CT molecular complexity index is 1670. The summed E-state index contributed by atoms with van der Waals surface area (Å²) >= 11 is 12.4. The lowest BCUT2D eigenvalue weighted by Crippen LogP contribution is -2.38. The largest absolute Gasteiger partial charge is 0.348 e. The molecule has 0 spiro atoms. The SMILES string of the molecule is C[C@@H]1CCC[C@H](N2CCC(c3cc(Cl)ccc3-n3cc(Cl)nn3)=CC2=O)c2cccc(n2)-c2c(ccn2C)NC1=O. The molecule has 5 heterocycles. The fraction of sp³-hybridized carbons (Fsp3) is 0.300. The van der Waals surface area contributed by atoms with E-state index in [1.54, 1.807) is 23.0 Å². The number of anilines is 1. The summed E-state index contributed by atoms with van der Waals surface area (Å²) in [5.74, 6) is -0.272. The van der Waals surface area contributed by atoms with Crippen molar-refractivity contribution in [3.63, 3.8) is 0 Å². The van der Waals surface area contributed by atoms with Crippen LogP contribution in [0.25, 0.3) is 22.6 Å². The summed E-state index contributed by atoms with van der Waals surface area (Å²) in [5.41, 5.74) is 5.57. The zero-order chi connectivity index (χ0) is 28.7. The fourth-order valence-electron chi connectivity index (χ4n) is 5.69. The van der Waals surface area contributed by atoms with Crippen molar-refractivity contribution in [2.75, 3.05) is 11.9 Å². The highest BCUT2D eigenvalue weighted by atomic mass is 35.5. The Kier molecular flexibility index (Phi) is 7.40. The highest BCUT2D eigenvalue weighted by Gasteiger charge is 2.31. The maximum atomic E-state index is 13.8. The molecule has 210 valence electrons. The average molecular weight is 591 g/mol. The molecule has 4 aromatic rings.